The first-order valence-electron chi connectivity index (χ1n) is 5.93. The van der Waals surface area contributed by atoms with Crippen LogP contribution in [0.4, 0.5) is 0 Å². The van der Waals surface area contributed by atoms with Crippen LogP contribution in [0, 0.1) is 0 Å². The second kappa shape index (κ2) is 6.08. The molecule has 1 aliphatic rings. The number of hydrogen-bond acceptors (Lipinski definition) is 3. The minimum absolute atomic E-state index is 0.201. The van der Waals surface area contributed by atoms with Gasteiger partial charge in [-0.25, -0.2) is 0 Å². The van der Waals surface area contributed by atoms with E-state index in [2.05, 4.69) is 11.8 Å². The summed E-state index contributed by atoms with van der Waals surface area (Å²) in [6.45, 7) is 3.25. The van der Waals surface area contributed by atoms with Gasteiger partial charge in [0.25, 0.3) is 0 Å². The largest absolute Gasteiger partial charge is 0.369 e. The summed E-state index contributed by atoms with van der Waals surface area (Å²) in [6, 6.07) is 0.539. The molecule has 0 bridgehead atoms. The summed E-state index contributed by atoms with van der Waals surface area (Å²) in [5.41, 5.74) is 11.4. The van der Waals surface area contributed by atoms with Crippen LogP contribution in [0.2, 0.25) is 0 Å². The van der Waals surface area contributed by atoms with Gasteiger partial charge in [0.05, 0.1) is 6.54 Å². The van der Waals surface area contributed by atoms with E-state index in [0.717, 1.165) is 19.4 Å². The predicted molar refractivity (Wildman–Crippen MR) is 61.3 cm³/mol. The smallest absolute Gasteiger partial charge is 0.231 e. The zero-order valence-corrected chi connectivity index (χ0v) is 9.61. The van der Waals surface area contributed by atoms with Crippen molar-refractivity contribution in [3.05, 3.63) is 0 Å². The SMILES string of the molecule is CCN(CC(N)=O)C1CCCCCC1N. The van der Waals surface area contributed by atoms with Crippen molar-refractivity contribution in [3.63, 3.8) is 0 Å². The summed E-state index contributed by atoms with van der Waals surface area (Å²) in [4.78, 5) is 13.1. The second-order valence-electron chi connectivity index (χ2n) is 4.40. The van der Waals surface area contributed by atoms with Gasteiger partial charge in [0.15, 0.2) is 0 Å². The molecule has 15 heavy (non-hydrogen) atoms. The van der Waals surface area contributed by atoms with Crippen LogP contribution >= 0.6 is 0 Å². The van der Waals surface area contributed by atoms with E-state index < -0.39 is 0 Å². The number of primary amides is 1. The van der Waals surface area contributed by atoms with Crippen LogP contribution < -0.4 is 11.5 Å². The Morgan fingerprint density at radius 3 is 2.60 bits per heavy atom. The van der Waals surface area contributed by atoms with Gasteiger partial charge in [-0.15, -0.1) is 0 Å². The Hall–Kier alpha value is -0.610. The first kappa shape index (κ1) is 12.5. The van der Waals surface area contributed by atoms with Gasteiger partial charge in [0, 0.05) is 12.1 Å². The Morgan fingerprint density at radius 1 is 1.33 bits per heavy atom. The molecule has 0 aromatic carbocycles. The summed E-state index contributed by atoms with van der Waals surface area (Å²) < 4.78 is 0. The maximum absolute atomic E-state index is 10.9. The lowest BCUT2D eigenvalue weighted by atomic mass is 10.0. The molecule has 0 spiro atoms. The molecule has 1 saturated carbocycles. The zero-order valence-electron chi connectivity index (χ0n) is 9.61. The molecule has 88 valence electrons. The molecule has 2 atom stereocenters. The van der Waals surface area contributed by atoms with Crippen molar-refractivity contribution in [3.8, 4) is 0 Å². The summed E-state index contributed by atoms with van der Waals surface area (Å²) >= 11 is 0. The van der Waals surface area contributed by atoms with Crippen LogP contribution in [-0.4, -0.2) is 36.0 Å². The third kappa shape index (κ3) is 3.80. The Balaban J connectivity index is 2.58. The molecule has 2 unspecified atom stereocenters. The van der Waals surface area contributed by atoms with Gasteiger partial charge in [0.1, 0.15) is 0 Å². The average Bonchev–Trinajstić information content (AvgIpc) is 2.39. The average molecular weight is 213 g/mol. The summed E-state index contributed by atoms with van der Waals surface area (Å²) in [5.74, 6) is -0.256. The predicted octanol–water partition coefficient (Wildman–Crippen LogP) is 0.454. The molecule has 1 fully saturated rings. The normalized spacial score (nSPS) is 27.7. The van der Waals surface area contributed by atoms with Crippen molar-refractivity contribution in [1.82, 2.24) is 4.90 Å². The zero-order chi connectivity index (χ0) is 11.3. The molecule has 0 radical (unpaired) electrons. The monoisotopic (exact) mass is 213 g/mol. The van der Waals surface area contributed by atoms with E-state index in [1.807, 2.05) is 0 Å². The number of carbonyl (C=O) groups excluding carboxylic acids is 1. The highest BCUT2D eigenvalue weighted by Gasteiger charge is 2.26. The summed E-state index contributed by atoms with van der Waals surface area (Å²) in [5, 5.41) is 0. The van der Waals surface area contributed by atoms with Gasteiger partial charge in [0.2, 0.25) is 5.91 Å². The molecule has 0 heterocycles. The van der Waals surface area contributed by atoms with Gasteiger partial charge in [-0.3, -0.25) is 9.69 Å². The number of likely N-dealkylation sites (N-methyl/N-ethyl adjacent to an activating group) is 1. The molecule has 4 nitrogen and oxygen atoms in total. The van der Waals surface area contributed by atoms with E-state index in [9.17, 15) is 4.79 Å². The Morgan fingerprint density at radius 2 is 2.00 bits per heavy atom. The highest BCUT2D eigenvalue weighted by Crippen LogP contribution is 2.20. The molecule has 1 aliphatic carbocycles. The van der Waals surface area contributed by atoms with E-state index in [1.54, 1.807) is 0 Å². The van der Waals surface area contributed by atoms with Crippen LogP contribution in [-0.2, 0) is 4.79 Å². The minimum atomic E-state index is -0.256. The number of hydrogen-bond donors (Lipinski definition) is 2. The Kier molecular flexibility index (Phi) is 5.05. The molecule has 1 rings (SSSR count). The first-order valence-corrected chi connectivity index (χ1v) is 5.93. The molecule has 0 aromatic heterocycles. The molecule has 4 heteroatoms. The van der Waals surface area contributed by atoms with Crippen molar-refractivity contribution in [1.29, 1.82) is 0 Å². The lowest BCUT2D eigenvalue weighted by Gasteiger charge is -2.32. The molecular formula is C11H23N3O. The first-order chi connectivity index (χ1) is 7.15. The maximum atomic E-state index is 10.9. The lowest BCUT2D eigenvalue weighted by molar-refractivity contribution is -0.119. The van der Waals surface area contributed by atoms with Crippen molar-refractivity contribution < 1.29 is 4.79 Å². The fourth-order valence-electron chi connectivity index (χ4n) is 2.43. The quantitative estimate of drug-likeness (QED) is 0.666. The number of nitrogens with two attached hydrogens (primary N) is 2. The van der Waals surface area contributed by atoms with Crippen molar-refractivity contribution >= 4 is 5.91 Å². The molecule has 0 aliphatic heterocycles. The van der Waals surface area contributed by atoms with Crippen LogP contribution in [0.25, 0.3) is 0 Å². The molecule has 1 amide bonds. The molecule has 0 saturated heterocycles. The van der Waals surface area contributed by atoms with Gasteiger partial charge in [-0.05, 0) is 19.4 Å². The van der Waals surface area contributed by atoms with E-state index in [1.165, 1.54) is 19.3 Å². The maximum Gasteiger partial charge on any atom is 0.231 e. The Labute approximate surface area is 92.0 Å². The van der Waals surface area contributed by atoms with Crippen molar-refractivity contribution in [2.75, 3.05) is 13.1 Å². The fourth-order valence-corrected chi connectivity index (χ4v) is 2.43. The third-order valence-corrected chi connectivity index (χ3v) is 3.27. The number of carbonyl (C=O) groups is 1. The highest BCUT2D eigenvalue weighted by molar-refractivity contribution is 5.75. The fraction of sp³-hybridized carbons (Fsp3) is 0.909. The van der Waals surface area contributed by atoms with E-state index in [0.29, 0.717) is 12.6 Å². The number of rotatable bonds is 4. The summed E-state index contributed by atoms with van der Waals surface area (Å²) in [7, 11) is 0. The van der Waals surface area contributed by atoms with Crippen molar-refractivity contribution in [2.45, 2.75) is 51.1 Å². The highest BCUT2D eigenvalue weighted by atomic mass is 16.1. The minimum Gasteiger partial charge on any atom is -0.369 e. The van der Waals surface area contributed by atoms with E-state index >= 15 is 0 Å². The van der Waals surface area contributed by atoms with Crippen LogP contribution in [0.5, 0.6) is 0 Å². The van der Waals surface area contributed by atoms with Gasteiger partial charge < -0.3 is 11.5 Å². The van der Waals surface area contributed by atoms with Gasteiger partial charge >= 0.3 is 0 Å². The number of nitrogens with zero attached hydrogens (tertiary/aromatic N) is 1. The van der Waals surface area contributed by atoms with Crippen molar-refractivity contribution in [2.24, 2.45) is 11.5 Å². The van der Waals surface area contributed by atoms with Crippen LogP contribution in [0.15, 0.2) is 0 Å². The van der Waals surface area contributed by atoms with Gasteiger partial charge in [-0.2, -0.15) is 0 Å². The van der Waals surface area contributed by atoms with E-state index in [-0.39, 0.29) is 11.9 Å². The Bertz CT molecular complexity index is 208. The number of amides is 1. The van der Waals surface area contributed by atoms with E-state index in [4.69, 9.17) is 11.5 Å². The third-order valence-electron chi connectivity index (χ3n) is 3.27. The summed E-state index contributed by atoms with van der Waals surface area (Å²) in [6.07, 6.45) is 5.86. The molecule has 0 aromatic rings. The second-order valence-corrected chi connectivity index (χ2v) is 4.40. The standard InChI is InChI=1S/C11H23N3O/c1-2-14(8-11(13)15)10-7-5-3-4-6-9(10)12/h9-10H,2-8,12H2,1H3,(H2,13,15). The van der Waals surface area contributed by atoms with Crippen LogP contribution in [0.1, 0.15) is 39.0 Å². The van der Waals surface area contributed by atoms with Gasteiger partial charge in [-0.1, -0.05) is 26.2 Å². The molecular weight excluding hydrogens is 190 g/mol. The lowest BCUT2D eigenvalue weighted by Crippen LogP contribution is -2.49. The van der Waals surface area contributed by atoms with Crippen LogP contribution in [0.3, 0.4) is 0 Å². The molecule has 4 N–H and O–H groups in total. The topological polar surface area (TPSA) is 72.3 Å².